The summed E-state index contributed by atoms with van der Waals surface area (Å²) in [4.78, 5) is 14.9. The highest BCUT2D eigenvalue weighted by molar-refractivity contribution is 14.1. The topological polar surface area (TPSA) is 44.3 Å². The van der Waals surface area contributed by atoms with Gasteiger partial charge in [0.05, 0.1) is 15.3 Å². The summed E-state index contributed by atoms with van der Waals surface area (Å²) >= 11 is 2.39. The molecule has 0 aliphatic carbocycles. The third kappa shape index (κ3) is 3.17. The van der Waals surface area contributed by atoms with Gasteiger partial charge in [-0.2, -0.15) is 0 Å². The molecule has 0 radical (unpaired) electrons. The normalized spacial score (nSPS) is 27.9. The predicted molar refractivity (Wildman–Crippen MR) is 93.7 cm³/mol. The van der Waals surface area contributed by atoms with Gasteiger partial charge in [0, 0.05) is 39.3 Å². The summed E-state index contributed by atoms with van der Waals surface area (Å²) in [5, 5.41) is 3.41. The Morgan fingerprint density at radius 3 is 2.52 bits per heavy atom. The van der Waals surface area contributed by atoms with Crippen LogP contribution >= 0.6 is 22.6 Å². The summed E-state index contributed by atoms with van der Waals surface area (Å²) in [6.07, 6.45) is 2.15. The summed E-state index contributed by atoms with van der Waals surface area (Å²) in [7, 11) is 0. The third-order valence-corrected chi connectivity index (χ3v) is 5.48. The number of rotatable bonds is 5. The maximum Gasteiger partial charge on any atom is 0.149 e. The zero-order valence-electron chi connectivity index (χ0n) is 12.9. The molecule has 1 aromatic heterocycles. The van der Waals surface area contributed by atoms with Crippen LogP contribution in [-0.4, -0.2) is 59.0 Å². The molecule has 3 aliphatic heterocycles. The molecular weight excluding hydrogens is 377 g/mol. The van der Waals surface area contributed by atoms with Crippen molar-refractivity contribution in [1.82, 2.24) is 19.8 Å². The van der Waals surface area contributed by atoms with Crippen LogP contribution in [0.4, 0.5) is 5.82 Å². The number of halogens is 1. The first-order valence-corrected chi connectivity index (χ1v) is 9.07. The van der Waals surface area contributed by atoms with E-state index in [2.05, 4.69) is 51.6 Å². The molecule has 1 atom stereocenters. The number of fused-ring (bicyclic) bond motifs is 3. The van der Waals surface area contributed by atoms with E-state index in [4.69, 9.17) is 9.97 Å². The van der Waals surface area contributed by atoms with Gasteiger partial charge in [-0.1, -0.05) is 13.3 Å². The van der Waals surface area contributed by atoms with Crippen molar-refractivity contribution >= 4 is 28.4 Å². The fourth-order valence-corrected chi connectivity index (χ4v) is 3.91. The molecule has 5 nitrogen and oxygen atoms in total. The monoisotopic (exact) mass is 401 g/mol. The van der Waals surface area contributed by atoms with Gasteiger partial charge in [-0.15, -0.1) is 0 Å². The fraction of sp³-hybridized carbons (Fsp3) is 0.733. The Kier molecular flexibility index (Phi) is 4.96. The molecule has 3 fully saturated rings. The van der Waals surface area contributed by atoms with Gasteiger partial charge in [-0.05, 0) is 35.9 Å². The van der Waals surface area contributed by atoms with Crippen molar-refractivity contribution in [2.24, 2.45) is 0 Å². The van der Waals surface area contributed by atoms with Crippen molar-refractivity contribution in [3.8, 4) is 0 Å². The number of nitrogens with zero attached hydrogens (tertiary/aromatic N) is 4. The summed E-state index contributed by atoms with van der Waals surface area (Å²) in [6.45, 7) is 11.0. The van der Waals surface area contributed by atoms with Crippen molar-refractivity contribution < 1.29 is 0 Å². The van der Waals surface area contributed by atoms with E-state index < -0.39 is 0 Å². The molecule has 3 saturated heterocycles. The molecule has 1 N–H and O–H groups in total. The SMILES string of the molecule is CCCc1nc(C2CN3CCN2CC3)nc(NCC)c1I. The first-order chi connectivity index (χ1) is 10.2. The second kappa shape index (κ2) is 6.75. The van der Waals surface area contributed by atoms with Crippen LogP contribution in [0, 0.1) is 3.57 Å². The van der Waals surface area contributed by atoms with E-state index in [0.29, 0.717) is 6.04 Å². The quantitative estimate of drug-likeness (QED) is 0.767. The molecule has 4 heterocycles. The van der Waals surface area contributed by atoms with E-state index in [1.807, 2.05) is 0 Å². The number of hydrogen-bond acceptors (Lipinski definition) is 5. The molecule has 4 rings (SSSR count). The number of nitrogens with one attached hydrogen (secondary N) is 1. The number of hydrogen-bond donors (Lipinski definition) is 1. The van der Waals surface area contributed by atoms with Crippen LogP contribution in [0.2, 0.25) is 0 Å². The summed E-state index contributed by atoms with van der Waals surface area (Å²) in [6, 6.07) is 0.373. The Bertz CT molecular complexity index is 472. The van der Waals surface area contributed by atoms with Gasteiger partial charge in [0.2, 0.25) is 0 Å². The lowest BCUT2D eigenvalue weighted by Gasteiger charge is -2.46. The molecule has 1 unspecified atom stereocenters. The van der Waals surface area contributed by atoms with Crippen molar-refractivity contribution in [1.29, 1.82) is 0 Å². The molecule has 6 heteroatoms. The second-order valence-corrected chi connectivity index (χ2v) is 6.90. The average molecular weight is 401 g/mol. The summed E-state index contributed by atoms with van der Waals surface area (Å²) in [5.74, 6) is 2.03. The Morgan fingerprint density at radius 1 is 1.19 bits per heavy atom. The number of anilines is 1. The van der Waals surface area contributed by atoms with Gasteiger partial charge < -0.3 is 5.32 Å². The van der Waals surface area contributed by atoms with Gasteiger partial charge in [0.15, 0.2) is 0 Å². The molecule has 0 spiro atoms. The van der Waals surface area contributed by atoms with Crippen LogP contribution in [0.25, 0.3) is 0 Å². The zero-order valence-corrected chi connectivity index (χ0v) is 15.1. The highest BCUT2D eigenvalue weighted by atomic mass is 127. The first kappa shape index (κ1) is 15.4. The van der Waals surface area contributed by atoms with E-state index in [0.717, 1.165) is 50.7 Å². The smallest absolute Gasteiger partial charge is 0.149 e. The van der Waals surface area contributed by atoms with E-state index in [1.165, 1.54) is 22.4 Å². The molecule has 2 bridgehead atoms. The van der Waals surface area contributed by atoms with Gasteiger partial charge >= 0.3 is 0 Å². The maximum absolute atomic E-state index is 4.92. The highest BCUT2D eigenvalue weighted by Gasteiger charge is 2.35. The van der Waals surface area contributed by atoms with E-state index >= 15 is 0 Å². The lowest BCUT2D eigenvalue weighted by atomic mass is 10.1. The maximum atomic E-state index is 4.92. The molecule has 21 heavy (non-hydrogen) atoms. The summed E-state index contributed by atoms with van der Waals surface area (Å²) < 4.78 is 1.19. The Hall–Kier alpha value is -0.470. The fourth-order valence-electron chi connectivity index (χ4n) is 3.21. The van der Waals surface area contributed by atoms with Gasteiger partial charge in [-0.25, -0.2) is 9.97 Å². The molecule has 3 aliphatic rings. The van der Waals surface area contributed by atoms with Gasteiger partial charge in [0.1, 0.15) is 11.6 Å². The van der Waals surface area contributed by atoms with E-state index in [9.17, 15) is 0 Å². The zero-order chi connectivity index (χ0) is 14.8. The van der Waals surface area contributed by atoms with Crippen molar-refractivity contribution in [3.05, 3.63) is 15.1 Å². The predicted octanol–water partition coefficient (Wildman–Crippen LogP) is 2.14. The second-order valence-electron chi connectivity index (χ2n) is 5.82. The largest absolute Gasteiger partial charge is 0.369 e. The number of aromatic nitrogens is 2. The lowest BCUT2D eigenvalue weighted by molar-refractivity contribution is 0.00860. The van der Waals surface area contributed by atoms with Crippen LogP contribution in [0.5, 0.6) is 0 Å². The molecule has 116 valence electrons. The average Bonchev–Trinajstić information content (AvgIpc) is 2.52. The standard InChI is InChI=1S/C15H24IN5/c1-3-5-11-13(16)15(17-4-2)19-14(18-11)12-10-20-6-8-21(12)9-7-20/h12H,3-10H2,1-2H3,(H,17,18,19). The molecule has 0 aromatic carbocycles. The number of aryl methyl sites for hydroxylation is 1. The van der Waals surface area contributed by atoms with Gasteiger partial charge in [-0.3, -0.25) is 9.80 Å². The minimum Gasteiger partial charge on any atom is -0.369 e. The first-order valence-electron chi connectivity index (χ1n) is 7.99. The molecular formula is C15H24IN5. The summed E-state index contributed by atoms with van der Waals surface area (Å²) in [5.41, 5.74) is 1.21. The Morgan fingerprint density at radius 2 is 1.95 bits per heavy atom. The van der Waals surface area contributed by atoms with Gasteiger partial charge in [0.25, 0.3) is 0 Å². The van der Waals surface area contributed by atoms with Crippen molar-refractivity contribution in [2.75, 3.05) is 44.6 Å². The minimum atomic E-state index is 0.373. The molecule has 1 aromatic rings. The minimum absolute atomic E-state index is 0.373. The van der Waals surface area contributed by atoms with E-state index in [-0.39, 0.29) is 0 Å². The van der Waals surface area contributed by atoms with E-state index in [1.54, 1.807) is 0 Å². The van der Waals surface area contributed by atoms with Crippen LogP contribution < -0.4 is 5.32 Å². The van der Waals surface area contributed by atoms with Crippen LogP contribution in [-0.2, 0) is 6.42 Å². The van der Waals surface area contributed by atoms with Crippen LogP contribution in [0.1, 0.15) is 37.8 Å². The van der Waals surface area contributed by atoms with Crippen LogP contribution in [0.15, 0.2) is 0 Å². The molecule has 0 saturated carbocycles. The van der Waals surface area contributed by atoms with Crippen molar-refractivity contribution in [3.63, 3.8) is 0 Å². The molecule has 0 amide bonds. The van der Waals surface area contributed by atoms with Crippen LogP contribution in [0.3, 0.4) is 0 Å². The van der Waals surface area contributed by atoms with Crippen molar-refractivity contribution in [2.45, 2.75) is 32.7 Å². The Labute approximate surface area is 140 Å². The highest BCUT2D eigenvalue weighted by Crippen LogP contribution is 2.29. The third-order valence-electron chi connectivity index (χ3n) is 4.34. The number of piperazine rings is 3. The lowest BCUT2D eigenvalue weighted by Crippen LogP contribution is -2.57. The Balaban J connectivity index is 1.93.